The van der Waals surface area contributed by atoms with E-state index in [0.717, 1.165) is 5.69 Å². The minimum Gasteiger partial charge on any atom is -0.322 e. The molecule has 0 bridgehead atoms. The zero-order chi connectivity index (χ0) is 20.8. The average molecular weight is 389 g/mol. The number of nitrogens with one attached hydrogen (secondary N) is 1. The molecule has 7 heteroatoms. The van der Waals surface area contributed by atoms with Crippen molar-refractivity contribution in [1.82, 2.24) is 0 Å². The molecule has 0 unspecified atom stereocenters. The number of anilines is 2. The monoisotopic (exact) mass is 389 g/mol. The van der Waals surface area contributed by atoms with E-state index in [2.05, 4.69) is 5.32 Å². The molecule has 3 rings (SSSR count). The van der Waals surface area contributed by atoms with E-state index < -0.39 is 10.8 Å². The molecule has 0 aliphatic carbocycles. The van der Waals surface area contributed by atoms with Crippen molar-refractivity contribution in [3.8, 4) is 0 Å². The van der Waals surface area contributed by atoms with Crippen molar-refractivity contribution in [3.63, 3.8) is 0 Å². The topological polar surface area (TPSA) is 92.6 Å². The van der Waals surface area contributed by atoms with Crippen LogP contribution >= 0.6 is 0 Å². The number of para-hydroxylation sites is 2. The molecule has 0 saturated carbocycles. The highest BCUT2D eigenvalue weighted by Crippen LogP contribution is 2.21. The molecule has 0 aliphatic heterocycles. The number of hydrogen-bond acceptors (Lipinski definition) is 4. The van der Waals surface area contributed by atoms with Crippen LogP contribution in [0.1, 0.15) is 27.6 Å². The lowest BCUT2D eigenvalue weighted by atomic mass is 10.1. The van der Waals surface area contributed by atoms with Crippen LogP contribution in [0.5, 0.6) is 0 Å². The first kappa shape index (κ1) is 19.8. The molecule has 0 saturated heterocycles. The van der Waals surface area contributed by atoms with Gasteiger partial charge in [-0.2, -0.15) is 0 Å². The fraction of sp³-hybridized carbons (Fsp3) is 0.0909. The maximum absolute atomic E-state index is 12.8. The normalized spacial score (nSPS) is 10.2. The van der Waals surface area contributed by atoms with Crippen molar-refractivity contribution in [1.29, 1.82) is 0 Å². The van der Waals surface area contributed by atoms with Gasteiger partial charge in [0.15, 0.2) is 0 Å². The van der Waals surface area contributed by atoms with E-state index in [1.165, 1.54) is 18.2 Å². The maximum Gasteiger partial charge on any atom is 0.282 e. The highest BCUT2D eigenvalue weighted by molar-refractivity contribution is 6.08. The predicted molar refractivity (Wildman–Crippen MR) is 111 cm³/mol. The SMILES string of the molecule is CCN(C(=O)c1ccc(NC(=O)c2ccccc2[N+](=O)[O-])cc1)c1ccccc1. The number of nitrogens with zero attached hydrogens (tertiary/aromatic N) is 2. The quantitative estimate of drug-likeness (QED) is 0.496. The second-order valence-electron chi connectivity index (χ2n) is 6.19. The van der Waals surface area contributed by atoms with Gasteiger partial charge in [-0.25, -0.2) is 0 Å². The summed E-state index contributed by atoms with van der Waals surface area (Å²) in [6.45, 7) is 2.41. The summed E-state index contributed by atoms with van der Waals surface area (Å²) in [5, 5.41) is 13.7. The third-order valence-corrected chi connectivity index (χ3v) is 4.36. The summed E-state index contributed by atoms with van der Waals surface area (Å²) >= 11 is 0. The van der Waals surface area contributed by atoms with E-state index in [0.29, 0.717) is 17.8 Å². The molecular formula is C22H19N3O4. The van der Waals surface area contributed by atoms with E-state index in [1.54, 1.807) is 35.2 Å². The summed E-state index contributed by atoms with van der Waals surface area (Å²) < 4.78 is 0. The van der Waals surface area contributed by atoms with Gasteiger partial charge in [0, 0.05) is 29.5 Å². The van der Waals surface area contributed by atoms with Crippen LogP contribution in [0.15, 0.2) is 78.9 Å². The summed E-state index contributed by atoms with van der Waals surface area (Å²) in [6, 6.07) is 21.5. The molecule has 146 valence electrons. The number of nitro benzene ring substituents is 1. The summed E-state index contributed by atoms with van der Waals surface area (Å²) in [6.07, 6.45) is 0. The zero-order valence-corrected chi connectivity index (χ0v) is 15.7. The van der Waals surface area contributed by atoms with E-state index >= 15 is 0 Å². The van der Waals surface area contributed by atoms with Gasteiger partial charge >= 0.3 is 0 Å². The van der Waals surface area contributed by atoms with Crippen molar-refractivity contribution in [3.05, 3.63) is 100 Å². The highest BCUT2D eigenvalue weighted by Gasteiger charge is 2.20. The van der Waals surface area contributed by atoms with Gasteiger partial charge in [-0.3, -0.25) is 19.7 Å². The molecule has 0 aliphatic rings. The Bertz CT molecular complexity index is 1030. The van der Waals surface area contributed by atoms with Crippen molar-refractivity contribution in [2.75, 3.05) is 16.8 Å². The molecule has 7 nitrogen and oxygen atoms in total. The third-order valence-electron chi connectivity index (χ3n) is 4.36. The Hall–Kier alpha value is -4.00. The molecule has 0 heterocycles. The summed E-state index contributed by atoms with van der Waals surface area (Å²) in [4.78, 5) is 37.4. The van der Waals surface area contributed by atoms with Gasteiger partial charge < -0.3 is 10.2 Å². The van der Waals surface area contributed by atoms with Crippen LogP contribution in [0.2, 0.25) is 0 Å². The van der Waals surface area contributed by atoms with Crippen molar-refractivity contribution in [2.24, 2.45) is 0 Å². The lowest BCUT2D eigenvalue weighted by Crippen LogP contribution is -2.30. The fourth-order valence-electron chi connectivity index (χ4n) is 2.93. The van der Waals surface area contributed by atoms with Crippen LogP contribution in [0.3, 0.4) is 0 Å². The molecular weight excluding hydrogens is 370 g/mol. The first-order chi connectivity index (χ1) is 14.0. The minimum atomic E-state index is -0.598. The van der Waals surface area contributed by atoms with Crippen LogP contribution in [-0.4, -0.2) is 23.3 Å². The molecule has 0 fully saturated rings. The minimum absolute atomic E-state index is 0.0288. The third kappa shape index (κ3) is 4.47. The lowest BCUT2D eigenvalue weighted by Gasteiger charge is -2.21. The molecule has 1 N–H and O–H groups in total. The highest BCUT2D eigenvalue weighted by atomic mass is 16.6. The summed E-state index contributed by atoms with van der Waals surface area (Å²) in [7, 11) is 0. The van der Waals surface area contributed by atoms with Crippen molar-refractivity contribution >= 4 is 28.9 Å². The smallest absolute Gasteiger partial charge is 0.282 e. The van der Waals surface area contributed by atoms with Gasteiger partial charge in [-0.1, -0.05) is 30.3 Å². The fourth-order valence-corrected chi connectivity index (χ4v) is 2.93. The van der Waals surface area contributed by atoms with Crippen LogP contribution < -0.4 is 10.2 Å². The van der Waals surface area contributed by atoms with Crippen molar-refractivity contribution < 1.29 is 14.5 Å². The zero-order valence-electron chi connectivity index (χ0n) is 15.7. The Kier molecular flexibility index (Phi) is 5.99. The first-order valence-electron chi connectivity index (χ1n) is 9.03. The Morgan fingerprint density at radius 1 is 0.931 bits per heavy atom. The second-order valence-corrected chi connectivity index (χ2v) is 6.19. The summed E-state index contributed by atoms with van der Waals surface area (Å²) in [5.41, 5.74) is 1.41. The lowest BCUT2D eigenvalue weighted by molar-refractivity contribution is -0.385. The summed E-state index contributed by atoms with van der Waals surface area (Å²) in [5.74, 6) is -0.744. The van der Waals surface area contributed by atoms with Gasteiger partial charge in [-0.15, -0.1) is 0 Å². The standard InChI is InChI=1S/C22H19N3O4/c1-2-24(18-8-4-3-5-9-18)22(27)16-12-14-17(15-13-16)23-21(26)19-10-6-7-11-20(19)25(28)29/h3-15H,2H2,1H3,(H,23,26). The van der Waals surface area contributed by atoms with Gasteiger partial charge in [0.25, 0.3) is 17.5 Å². The van der Waals surface area contributed by atoms with Crippen molar-refractivity contribution in [2.45, 2.75) is 6.92 Å². The van der Waals surface area contributed by atoms with E-state index in [9.17, 15) is 19.7 Å². The molecule has 0 atom stereocenters. The van der Waals surface area contributed by atoms with Crippen LogP contribution in [-0.2, 0) is 0 Å². The number of rotatable bonds is 6. The number of hydrogen-bond donors (Lipinski definition) is 1. The van der Waals surface area contributed by atoms with E-state index in [1.807, 2.05) is 37.3 Å². The molecule has 3 aromatic carbocycles. The Morgan fingerprint density at radius 2 is 1.55 bits per heavy atom. The predicted octanol–water partition coefficient (Wildman–Crippen LogP) is 4.51. The van der Waals surface area contributed by atoms with Crippen LogP contribution in [0, 0.1) is 10.1 Å². The Balaban J connectivity index is 1.76. The van der Waals surface area contributed by atoms with Gasteiger partial charge in [0.1, 0.15) is 5.56 Å². The van der Waals surface area contributed by atoms with Gasteiger partial charge in [0.05, 0.1) is 4.92 Å². The Labute approximate surface area is 167 Å². The van der Waals surface area contributed by atoms with E-state index in [4.69, 9.17) is 0 Å². The van der Waals surface area contributed by atoms with Gasteiger partial charge in [0.2, 0.25) is 0 Å². The first-order valence-corrected chi connectivity index (χ1v) is 9.03. The number of nitro groups is 1. The van der Waals surface area contributed by atoms with E-state index in [-0.39, 0.29) is 17.2 Å². The molecule has 2 amide bonds. The Morgan fingerprint density at radius 3 is 2.17 bits per heavy atom. The number of amides is 2. The average Bonchev–Trinajstić information content (AvgIpc) is 2.75. The van der Waals surface area contributed by atoms with Crippen LogP contribution in [0.25, 0.3) is 0 Å². The molecule has 0 aromatic heterocycles. The number of carbonyl (C=O) groups excluding carboxylic acids is 2. The molecule has 0 spiro atoms. The maximum atomic E-state index is 12.8. The molecule has 3 aromatic rings. The largest absolute Gasteiger partial charge is 0.322 e. The molecule has 0 radical (unpaired) electrons. The molecule has 29 heavy (non-hydrogen) atoms. The van der Waals surface area contributed by atoms with Gasteiger partial charge in [-0.05, 0) is 49.4 Å². The van der Waals surface area contributed by atoms with Crippen LogP contribution in [0.4, 0.5) is 17.1 Å². The number of benzene rings is 3. The second kappa shape index (κ2) is 8.79. The number of carbonyl (C=O) groups is 2.